The quantitative estimate of drug-likeness (QED) is 0.374. The van der Waals surface area contributed by atoms with Gasteiger partial charge >= 0.3 is 0 Å². The number of aromatic nitrogens is 3. The summed E-state index contributed by atoms with van der Waals surface area (Å²) in [6, 6.07) is 16.5. The molecule has 0 aliphatic carbocycles. The lowest BCUT2D eigenvalue weighted by Gasteiger charge is -2.37. The Bertz CT molecular complexity index is 965. The minimum absolute atomic E-state index is 0.298. The van der Waals surface area contributed by atoms with Crippen molar-refractivity contribution in [3.63, 3.8) is 0 Å². The van der Waals surface area contributed by atoms with Gasteiger partial charge in [-0.15, -0.1) is 0 Å². The van der Waals surface area contributed by atoms with Crippen LogP contribution in [0.25, 0.3) is 0 Å². The van der Waals surface area contributed by atoms with E-state index in [4.69, 9.17) is 15.2 Å². The van der Waals surface area contributed by atoms with Crippen molar-refractivity contribution >= 4 is 17.1 Å². The minimum Gasteiger partial charge on any atom is -0.494 e. The molecular formula is C25H34N6O2. The lowest BCUT2D eigenvalue weighted by atomic mass is 10.1. The Morgan fingerprint density at radius 2 is 1.48 bits per heavy atom. The summed E-state index contributed by atoms with van der Waals surface area (Å²) in [7, 11) is 0. The average Bonchev–Trinajstić information content (AvgIpc) is 3.32. The number of hydrogen-bond donors (Lipinski definition) is 1. The molecule has 0 radical (unpaired) electrons. The van der Waals surface area contributed by atoms with Gasteiger partial charge in [0.15, 0.2) is 0 Å². The summed E-state index contributed by atoms with van der Waals surface area (Å²) >= 11 is 0. The molecule has 0 amide bonds. The van der Waals surface area contributed by atoms with Crippen LogP contribution in [0.1, 0.15) is 20.3 Å². The molecule has 1 aromatic heterocycles. The van der Waals surface area contributed by atoms with Crippen LogP contribution in [0, 0.1) is 0 Å². The third-order valence-corrected chi connectivity index (χ3v) is 5.80. The molecule has 4 rings (SSSR count). The van der Waals surface area contributed by atoms with Crippen molar-refractivity contribution in [2.45, 2.75) is 32.4 Å². The third kappa shape index (κ3) is 6.61. The number of rotatable bonds is 10. The van der Waals surface area contributed by atoms with Gasteiger partial charge in [-0.2, -0.15) is 5.10 Å². The molecule has 176 valence electrons. The van der Waals surface area contributed by atoms with Gasteiger partial charge in [0.1, 0.15) is 18.4 Å². The van der Waals surface area contributed by atoms with Gasteiger partial charge in [-0.3, -0.25) is 4.68 Å². The second-order valence-electron chi connectivity index (χ2n) is 8.96. The Morgan fingerprint density at radius 1 is 0.879 bits per heavy atom. The number of hydrogen-bond acceptors (Lipinski definition) is 7. The Kier molecular flexibility index (Phi) is 7.34. The van der Waals surface area contributed by atoms with Gasteiger partial charge < -0.3 is 25.0 Å². The van der Waals surface area contributed by atoms with Gasteiger partial charge in [-0.1, -0.05) is 0 Å². The maximum absolute atomic E-state index is 6.00. The summed E-state index contributed by atoms with van der Waals surface area (Å²) in [5.41, 5.74) is 8.78. The fourth-order valence-corrected chi connectivity index (χ4v) is 4.01. The van der Waals surface area contributed by atoms with Crippen LogP contribution in [0.5, 0.6) is 5.75 Å². The first-order chi connectivity index (χ1) is 16.0. The zero-order valence-corrected chi connectivity index (χ0v) is 19.6. The number of nitrogens with zero attached hydrogens (tertiary/aromatic N) is 5. The zero-order chi connectivity index (χ0) is 23.1. The molecule has 33 heavy (non-hydrogen) atoms. The molecule has 1 saturated heterocycles. The van der Waals surface area contributed by atoms with Crippen LogP contribution in [0.4, 0.5) is 17.1 Å². The predicted octanol–water partition coefficient (Wildman–Crippen LogP) is 3.45. The molecular weight excluding hydrogens is 416 g/mol. The number of piperazine rings is 1. The second kappa shape index (κ2) is 10.6. The average molecular weight is 451 g/mol. The van der Waals surface area contributed by atoms with Crippen molar-refractivity contribution in [2.75, 3.05) is 54.9 Å². The standard InChI is InChI=1S/C25H34N6O2/c1-25(2,18-31-20-27-19-28-31)33-17-3-16-32-24-10-8-23(9-11-24)30-14-12-29(13-15-30)22-6-4-21(26)5-7-22/h4-11,19-20H,3,12-18,26H2,1-2H3. The Labute approximate surface area is 195 Å². The van der Waals surface area contributed by atoms with Crippen LogP contribution in [-0.4, -0.2) is 59.8 Å². The van der Waals surface area contributed by atoms with Gasteiger partial charge in [-0.05, 0) is 62.4 Å². The van der Waals surface area contributed by atoms with Crippen molar-refractivity contribution in [1.29, 1.82) is 0 Å². The van der Waals surface area contributed by atoms with Crippen molar-refractivity contribution in [3.8, 4) is 5.75 Å². The van der Waals surface area contributed by atoms with E-state index in [0.29, 0.717) is 19.8 Å². The molecule has 2 N–H and O–H groups in total. The van der Waals surface area contributed by atoms with Gasteiger partial charge in [0.05, 0.1) is 25.4 Å². The summed E-state index contributed by atoms with van der Waals surface area (Å²) in [5.74, 6) is 0.890. The van der Waals surface area contributed by atoms with Crippen LogP contribution in [0.2, 0.25) is 0 Å². The lowest BCUT2D eigenvalue weighted by molar-refractivity contribution is -0.0354. The number of nitrogen functional groups attached to an aromatic ring is 1. The van der Waals surface area contributed by atoms with Crippen LogP contribution in [0.15, 0.2) is 61.2 Å². The monoisotopic (exact) mass is 450 g/mol. The van der Waals surface area contributed by atoms with Crippen molar-refractivity contribution in [2.24, 2.45) is 0 Å². The molecule has 8 heteroatoms. The van der Waals surface area contributed by atoms with E-state index in [2.05, 4.69) is 70.1 Å². The van der Waals surface area contributed by atoms with Crippen LogP contribution >= 0.6 is 0 Å². The zero-order valence-electron chi connectivity index (χ0n) is 19.6. The molecule has 0 unspecified atom stereocenters. The SMILES string of the molecule is CC(C)(Cn1cncn1)OCCCOc1ccc(N2CCN(c3ccc(N)cc3)CC2)cc1. The maximum Gasteiger partial charge on any atom is 0.137 e. The lowest BCUT2D eigenvalue weighted by Crippen LogP contribution is -2.46. The van der Waals surface area contributed by atoms with E-state index in [9.17, 15) is 0 Å². The maximum atomic E-state index is 6.00. The van der Waals surface area contributed by atoms with Gasteiger partial charge in [0.2, 0.25) is 0 Å². The summed E-state index contributed by atoms with van der Waals surface area (Å²) in [6.45, 7) is 10.0. The van der Waals surface area contributed by atoms with Crippen molar-refractivity contribution < 1.29 is 9.47 Å². The fourth-order valence-electron chi connectivity index (χ4n) is 4.01. The van der Waals surface area contributed by atoms with Crippen LogP contribution in [0.3, 0.4) is 0 Å². The minimum atomic E-state index is -0.298. The van der Waals surface area contributed by atoms with Crippen molar-refractivity contribution in [1.82, 2.24) is 14.8 Å². The highest BCUT2D eigenvalue weighted by Gasteiger charge is 2.20. The first-order valence-corrected chi connectivity index (χ1v) is 11.5. The van der Waals surface area contributed by atoms with Crippen LogP contribution in [-0.2, 0) is 11.3 Å². The number of nitrogens with two attached hydrogens (primary N) is 1. The van der Waals surface area contributed by atoms with E-state index in [1.807, 2.05) is 12.1 Å². The van der Waals surface area contributed by atoms with E-state index in [1.165, 1.54) is 17.7 Å². The summed E-state index contributed by atoms with van der Waals surface area (Å²) in [5, 5.41) is 4.14. The largest absolute Gasteiger partial charge is 0.494 e. The number of ether oxygens (including phenoxy) is 2. The molecule has 0 spiro atoms. The highest BCUT2D eigenvalue weighted by molar-refractivity contribution is 5.55. The molecule has 1 aliphatic heterocycles. The first kappa shape index (κ1) is 22.9. The van der Waals surface area contributed by atoms with Crippen LogP contribution < -0.4 is 20.3 Å². The Hall–Kier alpha value is -3.26. The molecule has 0 bridgehead atoms. The fraction of sp³-hybridized carbons (Fsp3) is 0.440. The molecule has 8 nitrogen and oxygen atoms in total. The Balaban J connectivity index is 1.16. The molecule has 1 fully saturated rings. The highest BCUT2D eigenvalue weighted by atomic mass is 16.5. The van der Waals surface area contributed by atoms with E-state index < -0.39 is 0 Å². The van der Waals surface area contributed by atoms with Gasteiger partial charge in [0, 0.05) is 49.7 Å². The normalized spacial score (nSPS) is 14.5. The summed E-state index contributed by atoms with van der Waals surface area (Å²) in [6.07, 6.45) is 4.07. The third-order valence-electron chi connectivity index (χ3n) is 5.80. The van der Waals surface area contributed by atoms with E-state index in [-0.39, 0.29) is 5.60 Å². The first-order valence-electron chi connectivity index (χ1n) is 11.5. The summed E-state index contributed by atoms with van der Waals surface area (Å²) < 4.78 is 13.7. The summed E-state index contributed by atoms with van der Waals surface area (Å²) in [4.78, 5) is 8.80. The smallest absolute Gasteiger partial charge is 0.137 e. The molecule has 3 aromatic rings. The highest BCUT2D eigenvalue weighted by Crippen LogP contribution is 2.23. The molecule has 2 heterocycles. The second-order valence-corrected chi connectivity index (χ2v) is 8.96. The van der Waals surface area contributed by atoms with Gasteiger partial charge in [0.25, 0.3) is 0 Å². The van der Waals surface area contributed by atoms with E-state index in [1.54, 1.807) is 11.0 Å². The number of benzene rings is 2. The Morgan fingerprint density at radius 3 is 2.06 bits per heavy atom. The molecule has 0 atom stereocenters. The van der Waals surface area contributed by atoms with Gasteiger partial charge in [-0.25, -0.2) is 4.98 Å². The molecule has 1 aliphatic rings. The number of anilines is 3. The topological polar surface area (TPSA) is 81.7 Å². The van der Waals surface area contributed by atoms with Crippen molar-refractivity contribution in [3.05, 3.63) is 61.2 Å². The van der Waals surface area contributed by atoms with E-state index >= 15 is 0 Å². The molecule has 0 saturated carbocycles. The molecule has 2 aromatic carbocycles. The predicted molar refractivity (Wildman–Crippen MR) is 132 cm³/mol. The van der Waals surface area contributed by atoms with E-state index in [0.717, 1.165) is 44.0 Å².